The number of hydrogen-bond acceptors (Lipinski definition) is 2. The molecule has 0 aliphatic heterocycles. The minimum atomic E-state index is -0.390. The van der Waals surface area contributed by atoms with Gasteiger partial charge in [0.05, 0.1) is 0 Å². The van der Waals surface area contributed by atoms with E-state index in [9.17, 15) is 4.79 Å². The summed E-state index contributed by atoms with van der Waals surface area (Å²) in [5.74, 6) is 0.105. The first-order chi connectivity index (χ1) is 7.86. The molecule has 0 unspecified atom stereocenters. The Kier molecular flexibility index (Phi) is 4.29. The molecule has 0 saturated heterocycles. The van der Waals surface area contributed by atoms with Gasteiger partial charge in [0.2, 0.25) is 5.91 Å². The predicted molar refractivity (Wildman–Crippen MR) is 72.0 cm³/mol. The molecule has 0 radical (unpaired) electrons. The Morgan fingerprint density at radius 1 is 1.35 bits per heavy atom. The SMILES string of the molecule is Cc1cccc(N(CCN)C(=O)C(C)(C)C)c1. The molecule has 0 fully saturated rings. The van der Waals surface area contributed by atoms with Crippen molar-refractivity contribution in [2.75, 3.05) is 18.0 Å². The van der Waals surface area contributed by atoms with Crippen LogP contribution in [0, 0.1) is 12.3 Å². The highest BCUT2D eigenvalue weighted by molar-refractivity contribution is 5.96. The Morgan fingerprint density at radius 2 is 2.00 bits per heavy atom. The van der Waals surface area contributed by atoms with E-state index in [1.165, 1.54) is 0 Å². The number of rotatable bonds is 3. The van der Waals surface area contributed by atoms with Gasteiger partial charge in [-0.05, 0) is 24.6 Å². The largest absolute Gasteiger partial charge is 0.329 e. The van der Waals surface area contributed by atoms with Gasteiger partial charge in [-0.15, -0.1) is 0 Å². The lowest BCUT2D eigenvalue weighted by Crippen LogP contribution is -2.42. The average Bonchev–Trinajstić information content (AvgIpc) is 2.23. The quantitative estimate of drug-likeness (QED) is 0.872. The first kappa shape index (κ1) is 13.7. The van der Waals surface area contributed by atoms with Crippen LogP contribution in [0.25, 0.3) is 0 Å². The van der Waals surface area contributed by atoms with E-state index in [1.54, 1.807) is 4.90 Å². The monoisotopic (exact) mass is 234 g/mol. The number of aryl methyl sites for hydroxylation is 1. The molecule has 0 aliphatic rings. The highest BCUT2D eigenvalue weighted by Gasteiger charge is 2.27. The highest BCUT2D eigenvalue weighted by Crippen LogP contribution is 2.23. The van der Waals surface area contributed by atoms with Crippen LogP contribution in [0.4, 0.5) is 5.69 Å². The van der Waals surface area contributed by atoms with E-state index in [2.05, 4.69) is 0 Å². The lowest BCUT2D eigenvalue weighted by molar-refractivity contribution is -0.125. The van der Waals surface area contributed by atoms with Crippen LogP contribution in [0.2, 0.25) is 0 Å². The summed E-state index contributed by atoms with van der Waals surface area (Å²) in [5, 5.41) is 0. The van der Waals surface area contributed by atoms with E-state index in [4.69, 9.17) is 5.73 Å². The van der Waals surface area contributed by atoms with Gasteiger partial charge >= 0.3 is 0 Å². The van der Waals surface area contributed by atoms with Crippen LogP contribution in [0.5, 0.6) is 0 Å². The Hall–Kier alpha value is -1.35. The summed E-state index contributed by atoms with van der Waals surface area (Å²) in [4.78, 5) is 14.1. The number of carbonyl (C=O) groups is 1. The maximum absolute atomic E-state index is 12.3. The zero-order valence-corrected chi connectivity index (χ0v) is 11.2. The number of nitrogens with zero attached hydrogens (tertiary/aromatic N) is 1. The molecule has 1 amide bonds. The molecule has 0 bridgehead atoms. The summed E-state index contributed by atoms with van der Waals surface area (Å²) in [7, 11) is 0. The topological polar surface area (TPSA) is 46.3 Å². The van der Waals surface area contributed by atoms with Crippen molar-refractivity contribution in [1.82, 2.24) is 0 Å². The van der Waals surface area contributed by atoms with Crippen molar-refractivity contribution in [3.8, 4) is 0 Å². The second-order valence-corrected chi connectivity index (χ2v) is 5.33. The molecule has 1 aromatic carbocycles. The lowest BCUT2D eigenvalue weighted by atomic mass is 9.94. The van der Waals surface area contributed by atoms with Crippen molar-refractivity contribution in [2.45, 2.75) is 27.7 Å². The van der Waals surface area contributed by atoms with Crippen LogP contribution in [0.1, 0.15) is 26.3 Å². The molecule has 1 rings (SSSR count). The van der Waals surface area contributed by atoms with E-state index in [0.29, 0.717) is 13.1 Å². The fourth-order valence-corrected chi connectivity index (χ4v) is 1.68. The minimum absolute atomic E-state index is 0.105. The maximum Gasteiger partial charge on any atom is 0.232 e. The number of nitrogens with two attached hydrogens (primary N) is 1. The molecule has 0 heterocycles. The minimum Gasteiger partial charge on any atom is -0.329 e. The van der Waals surface area contributed by atoms with Gasteiger partial charge in [0.15, 0.2) is 0 Å². The van der Waals surface area contributed by atoms with Crippen molar-refractivity contribution in [2.24, 2.45) is 11.1 Å². The van der Waals surface area contributed by atoms with Crippen molar-refractivity contribution < 1.29 is 4.79 Å². The molecular weight excluding hydrogens is 212 g/mol. The zero-order chi connectivity index (χ0) is 13.1. The Morgan fingerprint density at radius 3 is 2.47 bits per heavy atom. The van der Waals surface area contributed by atoms with Gasteiger partial charge in [-0.1, -0.05) is 32.9 Å². The van der Waals surface area contributed by atoms with Gasteiger partial charge in [-0.3, -0.25) is 4.79 Å². The molecule has 0 saturated carbocycles. The van der Waals surface area contributed by atoms with Gasteiger partial charge in [0.1, 0.15) is 0 Å². The highest BCUT2D eigenvalue weighted by atomic mass is 16.2. The zero-order valence-electron chi connectivity index (χ0n) is 11.2. The van der Waals surface area contributed by atoms with Gasteiger partial charge in [-0.25, -0.2) is 0 Å². The van der Waals surface area contributed by atoms with Crippen molar-refractivity contribution in [1.29, 1.82) is 0 Å². The molecule has 1 aromatic rings. The molecular formula is C14H22N2O. The summed E-state index contributed by atoms with van der Waals surface area (Å²) in [6.45, 7) is 8.82. The fourth-order valence-electron chi connectivity index (χ4n) is 1.68. The van der Waals surface area contributed by atoms with E-state index in [1.807, 2.05) is 52.0 Å². The fraction of sp³-hybridized carbons (Fsp3) is 0.500. The lowest BCUT2D eigenvalue weighted by Gasteiger charge is -2.29. The normalized spacial score (nSPS) is 11.4. The molecule has 0 aromatic heterocycles. The van der Waals surface area contributed by atoms with Crippen LogP contribution >= 0.6 is 0 Å². The first-order valence-corrected chi connectivity index (χ1v) is 5.95. The molecule has 0 atom stereocenters. The molecule has 3 nitrogen and oxygen atoms in total. The number of hydrogen-bond donors (Lipinski definition) is 1. The molecule has 0 aliphatic carbocycles. The third-order valence-electron chi connectivity index (χ3n) is 2.55. The molecule has 3 heteroatoms. The van der Waals surface area contributed by atoms with Gasteiger partial charge in [-0.2, -0.15) is 0 Å². The third-order valence-corrected chi connectivity index (χ3v) is 2.55. The molecule has 0 spiro atoms. The second-order valence-electron chi connectivity index (χ2n) is 5.33. The van der Waals surface area contributed by atoms with Crippen LogP contribution in [-0.2, 0) is 4.79 Å². The van der Waals surface area contributed by atoms with Gasteiger partial charge < -0.3 is 10.6 Å². The van der Waals surface area contributed by atoms with Gasteiger partial charge in [0.25, 0.3) is 0 Å². The summed E-state index contributed by atoms with van der Waals surface area (Å²) < 4.78 is 0. The molecule has 94 valence electrons. The second kappa shape index (κ2) is 5.32. The Labute approximate surface area is 104 Å². The smallest absolute Gasteiger partial charge is 0.232 e. The Bertz CT molecular complexity index is 393. The number of benzene rings is 1. The predicted octanol–water partition coefficient (Wildman–Crippen LogP) is 2.33. The van der Waals surface area contributed by atoms with Crippen LogP contribution in [0.3, 0.4) is 0 Å². The Balaban J connectivity index is 3.05. The van der Waals surface area contributed by atoms with Crippen LogP contribution in [-0.4, -0.2) is 19.0 Å². The number of carbonyl (C=O) groups excluding carboxylic acids is 1. The summed E-state index contributed by atoms with van der Waals surface area (Å²) in [6, 6.07) is 7.95. The summed E-state index contributed by atoms with van der Waals surface area (Å²) >= 11 is 0. The average molecular weight is 234 g/mol. The number of amides is 1. The van der Waals surface area contributed by atoms with Crippen molar-refractivity contribution >= 4 is 11.6 Å². The molecule has 17 heavy (non-hydrogen) atoms. The van der Waals surface area contributed by atoms with Crippen molar-refractivity contribution in [3.63, 3.8) is 0 Å². The van der Waals surface area contributed by atoms with E-state index < -0.39 is 0 Å². The maximum atomic E-state index is 12.3. The van der Waals surface area contributed by atoms with E-state index >= 15 is 0 Å². The summed E-state index contributed by atoms with van der Waals surface area (Å²) in [5.41, 5.74) is 7.27. The third kappa shape index (κ3) is 3.56. The van der Waals surface area contributed by atoms with Crippen LogP contribution in [0.15, 0.2) is 24.3 Å². The van der Waals surface area contributed by atoms with Crippen molar-refractivity contribution in [3.05, 3.63) is 29.8 Å². The standard InChI is InChI=1S/C14H22N2O/c1-11-6-5-7-12(10-11)16(9-8-15)13(17)14(2,3)4/h5-7,10H,8-9,15H2,1-4H3. The van der Waals surface area contributed by atoms with Gasteiger partial charge in [0, 0.05) is 24.2 Å². The van der Waals surface area contributed by atoms with E-state index in [0.717, 1.165) is 11.3 Å². The van der Waals surface area contributed by atoms with E-state index in [-0.39, 0.29) is 11.3 Å². The summed E-state index contributed by atoms with van der Waals surface area (Å²) in [6.07, 6.45) is 0. The first-order valence-electron chi connectivity index (χ1n) is 5.95. The molecule has 2 N–H and O–H groups in total. The van der Waals surface area contributed by atoms with Crippen LogP contribution < -0.4 is 10.6 Å². The number of anilines is 1.